The molecule has 0 fully saturated rings. The molecule has 1 aromatic heterocycles. The van der Waals surface area contributed by atoms with E-state index in [0.717, 1.165) is 15.5 Å². The summed E-state index contributed by atoms with van der Waals surface area (Å²) in [5.74, 6) is 0.709. The first-order valence-corrected chi connectivity index (χ1v) is 7.37. The van der Waals surface area contributed by atoms with Crippen LogP contribution >= 0.6 is 27.5 Å². The number of rotatable bonds is 6. The van der Waals surface area contributed by atoms with Crippen molar-refractivity contribution in [2.75, 3.05) is 13.2 Å². The Hall–Kier alpha value is -0.720. The molecule has 2 aromatic rings. The molecule has 0 aliphatic rings. The number of nitrogens with zero attached hydrogens (tertiary/aromatic N) is 2. The molecular weight excluding hydrogens is 354 g/mol. The average molecular weight is 368 g/mol. The summed E-state index contributed by atoms with van der Waals surface area (Å²) in [5.41, 5.74) is 1.73. The third-order valence-corrected chi connectivity index (χ3v) is 3.49. The second-order valence-corrected chi connectivity index (χ2v) is 5.91. The number of ether oxygens (including phenoxy) is 1. The Bertz CT molecular complexity index is 589. The van der Waals surface area contributed by atoms with Gasteiger partial charge in [0.1, 0.15) is 12.4 Å². The highest BCUT2D eigenvalue weighted by Crippen LogP contribution is 2.26. The quantitative estimate of drug-likeness (QED) is 0.559. The molecular formula is C13H14BrClF2N2O. The predicted molar refractivity (Wildman–Crippen MR) is 78.5 cm³/mol. The van der Waals surface area contributed by atoms with Gasteiger partial charge in [-0.05, 0) is 25.1 Å². The van der Waals surface area contributed by atoms with Crippen LogP contribution in [-0.4, -0.2) is 29.2 Å². The molecule has 20 heavy (non-hydrogen) atoms. The first kappa shape index (κ1) is 15.7. The number of halogens is 4. The molecule has 0 radical (unpaired) electrons. The van der Waals surface area contributed by atoms with Crippen LogP contribution < -0.4 is 0 Å². The Morgan fingerprint density at radius 2 is 2.20 bits per heavy atom. The van der Waals surface area contributed by atoms with Gasteiger partial charge in [-0.25, -0.2) is 13.8 Å². The van der Waals surface area contributed by atoms with Gasteiger partial charge in [0.2, 0.25) is 0 Å². The molecule has 0 saturated carbocycles. The highest BCUT2D eigenvalue weighted by Gasteiger charge is 2.15. The topological polar surface area (TPSA) is 27.1 Å². The van der Waals surface area contributed by atoms with Crippen LogP contribution in [0.4, 0.5) is 8.78 Å². The van der Waals surface area contributed by atoms with Crippen molar-refractivity contribution in [2.45, 2.75) is 25.3 Å². The van der Waals surface area contributed by atoms with Crippen molar-refractivity contribution in [2.24, 2.45) is 0 Å². The van der Waals surface area contributed by atoms with Crippen LogP contribution in [0.5, 0.6) is 0 Å². The molecule has 0 aliphatic heterocycles. The lowest BCUT2D eigenvalue weighted by Crippen LogP contribution is -2.12. The maximum absolute atomic E-state index is 12.0. The third-order valence-electron chi connectivity index (χ3n) is 2.80. The van der Waals surface area contributed by atoms with Crippen molar-refractivity contribution in [3.05, 3.63) is 28.5 Å². The van der Waals surface area contributed by atoms with Gasteiger partial charge in [-0.3, -0.25) is 0 Å². The zero-order chi connectivity index (χ0) is 14.7. The van der Waals surface area contributed by atoms with Crippen molar-refractivity contribution in [3.8, 4) is 0 Å². The minimum atomic E-state index is -2.45. The van der Waals surface area contributed by atoms with Crippen LogP contribution in [0.3, 0.4) is 0 Å². The molecule has 1 heterocycles. The van der Waals surface area contributed by atoms with E-state index in [9.17, 15) is 8.78 Å². The van der Waals surface area contributed by atoms with Gasteiger partial charge in [-0.1, -0.05) is 15.9 Å². The van der Waals surface area contributed by atoms with Crippen LogP contribution in [0.1, 0.15) is 18.1 Å². The van der Waals surface area contributed by atoms with Gasteiger partial charge in [-0.2, -0.15) is 0 Å². The normalized spacial score (nSPS) is 13.3. The van der Waals surface area contributed by atoms with E-state index in [-0.39, 0.29) is 12.0 Å². The van der Waals surface area contributed by atoms with Crippen LogP contribution in [0.25, 0.3) is 11.0 Å². The van der Waals surface area contributed by atoms with Crippen LogP contribution in [0, 0.1) is 0 Å². The second kappa shape index (κ2) is 6.83. The number of imidazole rings is 1. The molecule has 7 heteroatoms. The van der Waals surface area contributed by atoms with Crippen molar-refractivity contribution >= 4 is 38.6 Å². The highest BCUT2D eigenvalue weighted by molar-refractivity contribution is 9.10. The predicted octanol–water partition coefficient (Wildman–Crippen LogP) is 4.38. The molecule has 0 saturated heterocycles. The summed E-state index contributed by atoms with van der Waals surface area (Å²) >= 11 is 9.52. The Labute approximate surface area is 129 Å². The van der Waals surface area contributed by atoms with E-state index in [1.807, 2.05) is 29.7 Å². The third kappa shape index (κ3) is 3.68. The maximum Gasteiger partial charge on any atom is 0.261 e. The van der Waals surface area contributed by atoms with Crippen LogP contribution in [0.15, 0.2) is 22.7 Å². The number of alkyl halides is 3. The summed E-state index contributed by atoms with van der Waals surface area (Å²) in [6, 6.07) is 5.72. The Balaban J connectivity index is 2.22. The molecule has 3 nitrogen and oxygen atoms in total. The Kier molecular flexibility index (Phi) is 5.35. The van der Waals surface area contributed by atoms with Gasteiger partial charge in [0.15, 0.2) is 0 Å². The van der Waals surface area contributed by atoms with Crippen molar-refractivity contribution in [3.63, 3.8) is 0 Å². The van der Waals surface area contributed by atoms with E-state index in [4.69, 9.17) is 16.3 Å². The highest BCUT2D eigenvalue weighted by atomic mass is 79.9. The van der Waals surface area contributed by atoms with Gasteiger partial charge in [0, 0.05) is 11.0 Å². The van der Waals surface area contributed by atoms with Gasteiger partial charge in [0.05, 0.1) is 23.0 Å². The Morgan fingerprint density at radius 1 is 1.45 bits per heavy atom. The van der Waals surface area contributed by atoms with Crippen molar-refractivity contribution in [1.29, 1.82) is 0 Å². The summed E-state index contributed by atoms with van der Waals surface area (Å²) in [6.45, 7) is 1.91. The average Bonchev–Trinajstić information content (AvgIpc) is 2.72. The summed E-state index contributed by atoms with van der Waals surface area (Å²) in [7, 11) is 0. The number of aromatic nitrogens is 2. The number of hydrogen-bond acceptors (Lipinski definition) is 2. The molecule has 1 atom stereocenters. The molecule has 0 bridgehead atoms. The monoisotopic (exact) mass is 366 g/mol. The van der Waals surface area contributed by atoms with Gasteiger partial charge in [-0.15, -0.1) is 11.6 Å². The van der Waals surface area contributed by atoms with Gasteiger partial charge >= 0.3 is 0 Å². The Morgan fingerprint density at radius 3 is 2.85 bits per heavy atom. The maximum atomic E-state index is 12.0. The fourth-order valence-electron chi connectivity index (χ4n) is 1.99. The number of benzene rings is 1. The molecule has 1 unspecified atom stereocenters. The standard InChI is InChI=1S/C13H14BrClF2N2O/c1-8(15)13-18-10-6-9(14)2-3-11(10)19(13)4-5-20-7-12(16)17/h2-3,6,8,12H,4-5,7H2,1H3. The zero-order valence-corrected chi connectivity index (χ0v) is 13.2. The fraction of sp³-hybridized carbons (Fsp3) is 0.462. The van der Waals surface area contributed by atoms with E-state index in [1.165, 1.54) is 0 Å². The molecule has 2 rings (SSSR count). The first-order chi connectivity index (χ1) is 9.49. The molecule has 110 valence electrons. The summed E-state index contributed by atoms with van der Waals surface area (Å²) in [5, 5.41) is -0.267. The molecule has 0 N–H and O–H groups in total. The molecule has 1 aromatic carbocycles. The summed E-state index contributed by atoms with van der Waals surface area (Å²) < 4.78 is 31.8. The lowest BCUT2D eigenvalue weighted by atomic mass is 10.3. The first-order valence-electron chi connectivity index (χ1n) is 6.14. The minimum Gasteiger partial charge on any atom is -0.374 e. The zero-order valence-electron chi connectivity index (χ0n) is 10.8. The minimum absolute atomic E-state index is 0.197. The molecule has 0 aliphatic carbocycles. The molecule has 0 spiro atoms. The lowest BCUT2D eigenvalue weighted by Gasteiger charge is -2.10. The van der Waals surface area contributed by atoms with E-state index >= 15 is 0 Å². The summed E-state index contributed by atoms with van der Waals surface area (Å²) in [6.07, 6.45) is -2.45. The van der Waals surface area contributed by atoms with Gasteiger partial charge < -0.3 is 9.30 Å². The van der Waals surface area contributed by atoms with Crippen molar-refractivity contribution < 1.29 is 13.5 Å². The van der Waals surface area contributed by atoms with E-state index < -0.39 is 13.0 Å². The SMILES string of the molecule is CC(Cl)c1nc2cc(Br)ccc2n1CCOCC(F)F. The number of hydrogen-bond donors (Lipinski definition) is 0. The number of fused-ring (bicyclic) bond motifs is 1. The van der Waals surface area contributed by atoms with Gasteiger partial charge in [0.25, 0.3) is 6.43 Å². The van der Waals surface area contributed by atoms with Crippen LogP contribution in [0.2, 0.25) is 0 Å². The molecule has 0 amide bonds. The second-order valence-electron chi connectivity index (χ2n) is 4.34. The summed E-state index contributed by atoms with van der Waals surface area (Å²) in [4.78, 5) is 4.48. The van der Waals surface area contributed by atoms with E-state index in [2.05, 4.69) is 20.9 Å². The smallest absolute Gasteiger partial charge is 0.261 e. The largest absolute Gasteiger partial charge is 0.374 e. The van der Waals surface area contributed by atoms with Crippen molar-refractivity contribution in [1.82, 2.24) is 9.55 Å². The van der Waals surface area contributed by atoms with E-state index in [0.29, 0.717) is 12.4 Å². The lowest BCUT2D eigenvalue weighted by molar-refractivity contribution is 0.0148. The van der Waals surface area contributed by atoms with Crippen LogP contribution in [-0.2, 0) is 11.3 Å². The van der Waals surface area contributed by atoms with E-state index in [1.54, 1.807) is 0 Å². The fourth-order valence-corrected chi connectivity index (χ4v) is 2.50.